The number of hydrogen-bond acceptors (Lipinski definition) is 5. The third-order valence-electron chi connectivity index (χ3n) is 2.62. The number of hydrogen-bond donors (Lipinski definition) is 2. The molecule has 0 aliphatic heterocycles. The predicted octanol–water partition coefficient (Wildman–Crippen LogP) is 3.18. The Hall–Kier alpha value is -1.90. The lowest BCUT2D eigenvalue weighted by Gasteiger charge is -2.08. The van der Waals surface area contributed by atoms with Gasteiger partial charge in [0.2, 0.25) is 11.8 Å². The highest BCUT2D eigenvalue weighted by molar-refractivity contribution is 14.1. The van der Waals surface area contributed by atoms with Gasteiger partial charge in [-0.05, 0) is 47.7 Å². The predicted molar refractivity (Wildman–Crippen MR) is 85.1 cm³/mol. The Bertz CT molecular complexity index is 742. The molecule has 0 aliphatic carbocycles. The minimum Gasteiger partial charge on any atom is -0.438 e. The van der Waals surface area contributed by atoms with Gasteiger partial charge < -0.3 is 10.1 Å². The molecule has 0 atom stereocenters. The first-order valence-electron chi connectivity index (χ1n) is 6.14. The number of anilines is 1. The Morgan fingerprint density at radius 3 is 3.05 bits per heavy atom. The normalized spacial score (nSPS) is 10.7. The molecule has 0 radical (unpaired) electrons. The number of nitrogens with one attached hydrogen (secondary N) is 2. The molecule has 0 spiro atoms. The van der Waals surface area contributed by atoms with Crippen LogP contribution < -0.4 is 10.1 Å². The van der Waals surface area contributed by atoms with Crippen LogP contribution in [0.5, 0.6) is 11.6 Å². The van der Waals surface area contributed by atoms with Gasteiger partial charge in [-0.25, -0.2) is 0 Å². The van der Waals surface area contributed by atoms with Crippen LogP contribution in [0.2, 0.25) is 0 Å². The zero-order chi connectivity index (χ0) is 13.9. The molecule has 0 saturated heterocycles. The Balaban J connectivity index is 2.02. The van der Waals surface area contributed by atoms with Gasteiger partial charge in [0, 0.05) is 10.1 Å². The van der Waals surface area contributed by atoms with Crippen molar-refractivity contribution in [2.24, 2.45) is 0 Å². The Morgan fingerprint density at radius 1 is 1.35 bits per heavy atom. The zero-order valence-corrected chi connectivity index (χ0v) is 12.9. The smallest absolute Gasteiger partial charge is 0.235 e. The number of ether oxygens (including phenoxy) is 1. The monoisotopic (exact) mass is 381 g/mol. The maximum atomic E-state index is 5.86. The van der Waals surface area contributed by atoms with Gasteiger partial charge >= 0.3 is 0 Å². The average molecular weight is 381 g/mol. The molecule has 102 valence electrons. The van der Waals surface area contributed by atoms with E-state index >= 15 is 0 Å². The highest BCUT2D eigenvalue weighted by atomic mass is 127. The van der Waals surface area contributed by atoms with Gasteiger partial charge in [0.15, 0.2) is 5.65 Å². The lowest BCUT2D eigenvalue weighted by molar-refractivity contribution is 0.468. The van der Waals surface area contributed by atoms with Crippen molar-refractivity contribution in [1.29, 1.82) is 0 Å². The van der Waals surface area contributed by atoms with E-state index in [2.05, 4.69) is 48.1 Å². The molecule has 20 heavy (non-hydrogen) atoms. The third-order valence-corrected chi connectivity index (χ3v) is 3.29. The minimum atomic E-state index is 0.488. The number of aromatic amines is 1. The lowest BCUT2D eigenvalue weighted by Crippen LogP contribution is -2.03. The van der Waals surface area contributed by atoms with Crippen LogP contribution in [0.25, 0.3) is 11.0 Å². The molecular weight excluding hydrogens is 369 g/mol. The SMILES string of the molecule is CCNc1nc(Oc2cccc(I)c2)c2cn[nH]c2n1. The van der Waals surface area contributed by atoms with E-state index in [4.69, 9.17) is 4.74 Å². The van der Waals surface area contributed by atoms with E-state index in [1.54, 1.807) is 6.20 Å². The molecule has 0 bridgehead atoms. The quantitative estimate of drug-likeness (QED) is 0.679. The summed E-state index contributed by atoms with van der Waals surface area (Å²) < 4.78 is 6.96. The number of aromatic nitrogens is 4. The molecule has 0 saturated carbocycles. The van der Waals surface area contributed by atoms with E-state index in [9.17, 15) is 0 Å². The summed E-state index contributed by atoms with van der Waals surface area (Å²) in [6.07, 6.45) is 1.66. The van der Waals surface area contributed by atoms with E-state index in [0.717, 1.165) is 21.3 Å². The van der Waals surface area contributed by atoms with Gasteiger partial charge in [0.25, 0.3) is 0 Å². The summed E-state index contributed by atoms with van der Waals surface area (Å²) in [6, 6.07) is 7.78. The topological polar surface area (TPSA) is 75.7 Å². The molecule has 7 heteroatoms. The fourth-order valence-electron chi connectivity index (χ4n) is 1.77. The van der Waals surface area contributed by atoms with Crippen molar-refractivity contribution in [3.63, 3.8) is 0 Å². The molecule has 0 fully saturated rings. The second kappa shape index (κ2) is 5.61. The van der Waals surface area contributed by atoms with E-state index in [1.807, 2.05) is 31.2 Å². The molecule has 6 nitrogen and oxygen atoms in total. The number of halogens is 1. The van der Waals surface area contributed by atoms with Gasteiger partial charge in [-0.1, -0.05) is 6.07 Å². The highest BCUT2D eigenvalue weighted by Crippen LogP contribution is 2.28. The van der Waals surface area contributed by atoms with E-state index in [-0.39, 0.29) is 0 Å². The molecule has 2 aromatic heterocycles. The number of fused-ring (bicyclic) bond motifs is 1. The van der Waals surface area contributed by atoms with Gasteiger partial charge in [0.1, 0.15) is 11.1 Å². The molecule has 0 aliphatic rings. The summed E-state index contributed by atoms with van der Waals surface area (Å²) in [5.41, 5.74) is 0.650. The summed E-state index contributed by atoms with van der Waals surface area (Å²) in [5.74, 6) is 1.74. The summed E-state index contributed by atoms with van der Waals surface area (Å²) in [7, 11) is 0. The minimum absolute atomic E-state index is 0.488. The van der Waals surface area contributed by atoms with Gasteiger partial charge in [-0.3, -0.25) is 5.10 Å². The van der Waals surface area contributed by atoms with Crippen molar-refractivity contribution in [3.8, 4) is 11.6 Å². The van der Waals surface area contributed by atoms with Crippen molar-refractivity contribution < 1.29 is 4.74 Å². The number of nitrogens with zero attached hydrogens (tertiary/aromatic N) is 3. The van der Waals surface area contributed by atoms with Gasteiger partial charge in [0.05, 0.1) is 6.20 Å². The maximum absolute atomic E-state index is 5.86. The van der Waals surface area contributed by atoms with Crippen LogP contribution in [0, 0.1) is 3.57 Å². The van der Waals surface area contributed by atoms with Crippen molar-refractivity contribution in [2.45, 2.75) is 6.92 Å². The summed E-state index contributed by atoms with van der Waals surface area (Å²) in [6.45, 7) is 2.73. The third kappa shape index (κ3) is 2.67. The van der Waals surface area contributed by atoms with Crippen LogP contribution in [0.3, 0.4) is 0 Å². The van der Waals surface area contributed by atoms with Gasteiger partial charge in [-0.15, -0.1) is 0 Å². The first-order chi connectivity index (χ1) is 9.76. The van der Waals surface area contributed by atoms with Crippen LogP contribution in [-0.2, 0) is 0 Å². The van der Waals surface area contributed by atoms with E-state index in [0.29, 0.717) is 17.5 Å². The summed E-state index contributed by atoms with van der Waals surface area (Å²) in [4.78, 5) is 8.70. The van der Waals surface area contributed by atoms with Crippen molar-refractivity contribution in [1.82, 2.24) is 20.2 Å². The van der Waals surface area contributed by atoms with E-state index < -0.39 is 0 Å². The number of benzene rings is 1. The zero-order valence-electron chi connectivity index (χ0n) is 10.7. The molecular formula is C13H12IN5O. The van der Waals surface area contributed by atoms with E-state index in [1.165, 1.54) is 0 Å². The van der Waals surface area contributed by atoms with Crippen molar-refractivity contribution in [2.75, 3.05) is 11.9 Å². The molecule has 3 rings (SSSR count). The fraction of sp³-hybridized carbons (Fsp3) is 0.154. The largest absolute Gasteiger partial charge is 0.438 e. The fourth-order valence-corrected chi connectivity index (χ4v) is 2.28. The first-order valence-corrected chi connectivity index (χ1v) is 7.22. The second-order valence-corrected chi connectivity index (χ2v) is 5.32. The Kier molecular flexibility index (Phi) is 3.68. The molecule has 3 aromatic rings. The lowest BCUT2D eigenvalue weighted by atomic mass is 10.3. The molecule has 2 heterocycles. The van der Waals surface area contributed by atoms with Crippen LogP contribution in [0.15, 0.2) is 30.5 Å². The summed E-state index contributed by atoms with van der Waals surface area (Å²) in [5, 5.41) is 10.6. The Morgan fingerprint density at radius 2 is 2.25 bits per heavy atom. The number of rotatable bonds is 4. The Labute approximate surface area is 129 Å². The number of H-pyrrole nitrogens is 1. The van der Waals surface area contributed by atoms with Crippen molar-refractivity contribution in [3.05, 3.63) is 34.0 Å². The molecule has 2 N–H and O–H groups in total. The summed E-state index contributed by atoms with van der Waals surface area (Å²) >= 11 is 2.24. The van der Waals surface area contributed by atoms with Gasteiger partial charge in [-0.2, -0.15) is 15.1 Å². The first kappa shape index (κ1) is 13.1. The second-order valence-electron chi connectivity index (χ2n) is 4.07. The van der Waals surface area contributed by atoms with Crippen LogP contribution in [-0.4, -0.2) is 26.7 Å². The van der Waals surface area contributed by atoms with Crippen LogP contribution in [0.1, 0.15) is 6.92 Å². The maximum Gasteiger partial charge on any atom is 0.235 e. The van der Waals surface area contributed by atoms with Crippen molar-refractivity contribution >= 4 is 39.6 Å². The van der Waals surface area contributed by atoms with Crippen LogP contribution >= 0.6 is 22.6 Å². The molecule has 1 aromatic carbocycles. The average Bonchev–Trinajstić information content (AvgIpc) is 2.87. The molecule has 0 amide bonds. The standard InChI is InChI=1S/C13H12IN5O/c1-2-15-13-17-11-10(7-16-19-11)12(18-13)20-9-5-3-4-8(14)6-9/h3-7H,2H2,1H3,(H2,15,16,17,18,19). The van der Waals surface area contributed by atoms with Crippen LogP contribution in [0.4, 0.5) is 5.95 Å². The molecule has 0 unspecified atom stereocenters. The highest BCUT2D eigenvalue weighted by Gasteiger charge is 2.11.